The van der Waals surface area contributed by atoms with Crippen LogP contribution in [-0.2, 0) is 21.1 Å². The molecule has 2 rings (SSSR count). The number of hydrogen-bond donors (Lipinski definition) is 2. The van der Waals surface area contributed by atoms with Crippen molar-refractivity contribution in [2.24, 2.45) is 5.16 Å². The number of oxime groups is 1. The molecular formula is C16H17F3N4O5S2. The van der Waals surface area contributed by atoms with Crippen molar-refractivity contribution in [3.05, 3.63) is 40.8 Å². The number of carbonyl (C=O) groups is 1. The minimum Gasteiger partial charge on any atom is -0.411 e. The molecule has 2 aromatic rings. The zero-order valence-corrected chi connectivity index (χ0v) is 17.1. The molecule has 0 spiro atoms. The molecule has 0 aliphatic carbocycles. The van der Waals surface area contributed by atoms with Crippen molar-refractivity contribution < 1.29 is 36.2 Å². The predicted molar refractivity (Wildman–Crippen MR) is 101 cm³/mol. The summed E-state index contributed by atoms with van der Waals surface area (Å²) >= 11 is 1.06. The van der Waals surface area contributed by atoms with E-state index < -0.39 is 39.3 Å². The monoisotopic (exact) mass is 466 g/mol. The molecule has 9 nitrogen and oxygen atoms in total. The number of halogens is 3. The van der Waals surface area contributed by atoms with Crippen LogP contribution in [0.4, 0.5) is 13.2 Å². The smallest absolute Gasteiger partial charge is 0.263 e. The van der Waals surface area contributed by atoms with Gasteiger partial charge in [-0.15, -0.1) is 0 Å². The van der Waals surface area contributed by atoms with Crippen LogP contribution in [0.1, 0.15) is 23.2 Å². The average molecular weight is 466 g/mol. The summed E-state index contributed by atoms with van der Waals surface area (Å²) in [4.78, 5) is 11.5. The van der Waals surface area contributed by atoms with Gasteiger partial charge in [-0.3, -0.25) is 4.79 Å². The van der Waals surface area contributed by atoms with Crippen LogP contribution >= 0.6 is 11.8 Å². The Bertz CT molecular complexity index is 1030. The number of thioether (sulfide) groups is 1. The topological polar surface area (TPSA) is 135 Å². The van der Waals surface area contributed by atoms with Gasteiger partial charge in [-0.25, -0.2) is 26.2 Å². The molecule has 1 aromatic heterocycles. The fourth-order valence-electron chi connectivity index (χ4n) is 2.34. The van der Waals surface area contributed by atoms with Gasteiger partial charge in [-0.05, 0) is 34.1 Å². The number of rotatable bonds is 10. The minimum absolute atomic E-state index is 0.0211. The van der Waals surface area contributed by atoms with Gasteiger partial charge < -0.3 is 10.5 Å². The first-order chi connectivity index (χ1) is 14.1. The lowest BCUT2D eigenvalue weighted by molar-refractivity contribution is -0.118. The Morgan fingerprint density at radius 1 is 1.33 bits per heavy atom. The standard InChI is InChI=1S/C16H17F3N4O5S2/c1-30(26,27)8-13(24)20-2-3-29-16-14(22-28-23-16)12(21-25)6-9-4-10(15(18)19)7-11(17)5-9/h4-5,7,15,25H,2-3,6,8H2,1H3,(H,20,24). The first kappa shape index (κ1) is 23.7. The summed E-state index contributed by atoms with van der Waals surface area (Å²) in [6.07, 6.45) is -2.15. The van der Waals surface area contributed by atoms with Gasteiger partial charge in [-0.2, -0.15) is 0 Å². The van der Waals surface area contributed by atoms with Gasteiger partial charge in [0.25, 0.3) is 6.43 Å². The highest BCUT2D eigenvalue weighted by Crippen LogP contribution is 2.24. The molecule has 0 bridgehead atoms. The highest BCUT2D eigenvalue weighted by atomic mass is 32.2. The number of carbonyl (C=O) groups excluding carboxylic acids is 1. The van der Waals surface area contributed by atoms with E-state index in [1.807, 2.05) is 0 Å². The van der Waals surface area contributed by atoms with Gasteiger partial charge in [0.1, 0.15) is 17.3 Å². The molecule has 1 heterocycles. The van der Waals surface area contributed by atoms with E-state index in [4.69, 9.17) is 0 Å². The molecule has 164 valence electrons. The largest absolute Gasteiger partial charge is 0.411 e. The molecule has 1 amide bonds. The van der Waals surface area contributed by atoms with Crippen molar-refractivity contribution in [3.8, 4) is 0 Å². The van der Waals surface area contributed by atoms with Gasteiger partial charge in [0.05, 0.1) is 0 Å². The summed E-state index contributed by atoms with van der Waals surface area (Å²) in [7, 11) is -3.44. The van der Waals surface area contributed by atoms with Crippen LogP contribution < -0.4 is 5.32 Å². The van der Waals surface area contributed by atoms with Gasteiger partial charge in [0.15, 0.2) is 20.6 Å². The second-order valence-electron chi connectivity index (χ2n) is 6.10. The highest BCUT2D eigenvalue weighted by molar-refractivity contribution is 7.99. The first-order valence-electron chi connectivity index (χ1n) is 8.27. The van der Waals surface area contributed by atoms with Crippen molar-refractivity contribution in [1.82, 2.24) is 15.6 Å². The van der Waals surface area contributed by atoms with Crippen LogP contribution in [0.5, 0.6) is 0 Å². The summed E-state index contributed by atoms with van der Waals surface area (Å²) < 4.78 is 66.0. The van der Waals surface area contributed by atoms with Crippen molar-refractivity contribution in [3.63, 3.8) is 0 Å². The number of benzene rings is 1. The van der Waals surface area contributed by atoms with Gasteiger partial charge in [-0.1, -0.05) is 16.9 Å². The van der Waals surface area contributed by atoms with Crippen molar-refractivity contribution in [1.29, 1.82) is 0 Å². The number of amides is 1. The second kappa shape index (κ2) is 10.4. The Kier molecular flexibility index (Phi) is 8.23. The van der Waals surface area contributed by atoms with E-state index in [9.17, 15) is 31.6 Å². The summed E-state index contributed by atoms with van der Waals surface area (Å²) in [5.74, 6) is -1.90. The second-order valence-corrected chi connectivity index (χ2v) is 9.33. The van der Waals surface area contributed by atoms with Crippen LogP contribution in [0.25, 0.3) is 0 Å². The number of nitrogens with one attached hydrogen (secondary N) is 1. The van der Waals surface area contributed by atoms with Gasteiger partial charge >= 0.3 is 0 Å². The Hall–Kier alpha value is -2.61. The molecule has 0 saturated carbocycles. The molecule has 0 aliphatic rings. The van der Waals surface area contributed by atoms with Gasteiger partial charge in [0, 0.05) is 30.5 Å². The van der Waals surface area contributed by atoms with Crippen molar-refractivity contribution in [2.45, 2.75) is 17.9 Å². The van der Waals surface area contributed by atoms with E-state index in [1.165, 1.54) is 0 Å². The Morgan fingerprint density at radius 3 is 2.70 bits per heavy atom. The maximum atomic E-state index is 13.6. The third-order valence-corrected chi connectivity index (χ3v) is 5.25. The Morgan fingerprint density at radius 2 is 2.07 bits per heavy atom. The summed E-state index contributed by atoms with van der Waals surface area (Å²) in [5.41, 5.74) is -0.455. The Labute approximate surface area is 173 Å². The number of nitrogens with zero attached hydrogens (tertiary/aromatic N) is 3. The fourth-order valence-corrected chi connectivity index (χ4v) is 3.70. The van der Waals surface area contributed by atoms with Gasteiger partial charge in [0.2, 0.25) is 5.91 Å². The van der Waals surface area contributed by atoms with Crippen LogP contribution in [0.2, 0.25) is 0 Å². The third kappa shape index (κ3) is 7.33. The summed E-state index contributed by atoms with van der Waals surface area (Å²) in [5, 5.41) is 22.2. The quantitative estimate of drug-likeness (QED) is 0.178. The zero-order chi connectivity index (χ0) is 22.3. The lowest BCUT2D eigenvalue weighted by Gasteiger charge is -2.07. The molecule has 0 aliphatic heterocycles. The normalized spacial score (nSPS) is 12.4. The van der Waals surface area contributed by atoms with E-state index >= 15 is 0 Å². The number of alkyl halides is 2. The number of sulfone groups is 1. The van der Waals surface area contributed by atoms with Crippen LogP contribution in [-0.4, -0.2) is 59.9 Å². The third-order valence-electron chi connectivity index (χ3n) is 3.51. The van der Waals surface area contributed by atoms with E-state index in [0.29, 0.717) is 6.07 Å². The number of aromatic nitrogens is 2. The molecule has 2 N–H and O–H groups in total. The average Bonchev–Trinajstić information content (AvgIpc) is 3.09. The highest BCUT2D eigenvalue weighted by Gasteiger charge is 2.20. The molecule has 0 saturated heterocycles. The molecule has 14 heteroatoms. The summed E-state index contributed by atoms with van der Waals surface area (Å²) in [6.45, 7) is 0.110. The lowest BCUT2D eigenvalue weighted by Crippen LogP contribution is -2.31. The number of hydrogen-bond acceptors (Lipinski definition) is 9. The van der Waals surface area contributed by atoms with Crippen LogP contribution in [0.3, 0.4) is 0 Å². The van der Waals surface area contributed by atoms with Crippen molar-refractivity contribution >= 4 is 33.2 Å². The Balaban J connectivity index is 2.01. The predicted octanol–water partition coefficient (Wildman–Crippen LogP) is 1.82. The van der Waals surface area contributed by atoms with Crippen molar-refractivity contribution in [2.75, 3.05) is 24.3 Å². The molecule has 1 aromatic carbocycles. The first-order valence-corrected chi connectivity index (χ1v) is 11.3. The molecule has 0 fully saturated rings. The maximum absolute atomic E-state index is 13.6. The SMILES string of the molecule is CS(=O)(=O)CC(=O)NCCSc1nonc1C(Cc1cc(F)cc(C(F)F)c1)=NO. The maximum Gasteiger partial charge on any atom is 0.263 e. The van der Waals surface area contributed by atoms with Crippen LogP contribution in [0.15, 0.2) is 33.0 Å². The molecule has 0 unspecified atom stereocenters. The lowest BCUT2D eigenvalue weighted by atomic mass is 10.0. The summed E-state index contributed by atoms with van der Waals surface area (Å²) in [6, 6.07) is 2.81. The van der Waals surface area contributed by atoms with E-state index in [1.54, 1.807) is 0 Å². The van der Waals surface area contributed by atoms with E-state index in [0.717, 1.165) is 30.2 Å². The molecular weight excluding hydrogens is 449 g/mol. The zero-order valence-electron chi connectivity index (χ0n) is 15.5. The van der Waals surface area contributed by atoms with E-state index in [2.05, 4.69) is 25.4 Å². The van der Waals surface area contributed by atoms with E-state index in [-0.39, 0.29) is 40.7 Å². The minimum atomic E-state index is -3.44. The molecule has 0 radical (unpaired) electrons. The van der Waals surface area contributed by atoms with Crippen LogP contribution in [0, 0.1) is 5.82 Å². The fraction of sp³-hybridized carbons (Fsp3) is 0.375. The molecule has 30 heavy (non-hydrogen) atoms. The molecule has 0 atom stereocenters.